The molecule has 0 aliphatic carbocycles. The molecule has 0 radical (unpaired) electrons. The van der Waals surface area contributed by atoms with Crippen molar-refractivity contribution in [3.05, 3.63) is 90.5 Å². The smallest absolute Gasteiger partial charge is 0.135 e. The van der Waals surface area contributed by atoms with Crippen molar-refractivity contribution in [2.24, 2.45) is 0 Å². The van der Waals surface area contributed by atoms with Crippen LogP contribution >= 0.6 is 147 Å². The summed E-state index contributed by atoms with van der Waals surface area (Å²) in [5.41, 5.74) is 0. The predicted octanol–water partition coefficient (Wildman–Crippen LogP) is 13.8. The third-order valence-electron chi connectivity index (χ3n) is 4.78. The van der Waals surface area contributed by atoms with E-state index in [-0.39, 0.29) is 0 Å². The van der Waals surface area contributed by atoms with Crippen molar-refractivity contribution in [3.8, 4) is 0 Å². The quantitative estimate of drug-likeness (QED) is 0.105. The molecule has 0 atom stereocenters. The van der Waals surface area contributed by atoms with E-state index < -0.39 is 4.30 Å². The molecule has 2 heterocycles. The topological polar surface area (TPSA) is 0 Å². The van der Waals surface area contributed by atoms with Gasteiger partial charge in [0.2, 0.25) is 0 Å². The lowest BCUT2D eigenvalue weighted by Gasteiger charge is -1.95. The van der Waals surface area contributed by atoms with Gasteiger partial charge in [-0.15, -0.1) is 22.7 Å². The zero-order valence-electron chi connectivity index (χ0n) is 17.4. The molecule has 0 unspecified atom stereocenters. The van der Waals surface area contributed by atoms with E-state index in [0.717, 1.165) is 0 Å². The minimum atomic E-state index is -0.750. The van der Waals surface area contributed by atoms with E-state index in [2.05, 4.69) is 168 Å². The molecule has 0 saturated heterocycles. The third-order valence-corrected chi connectivity index (χ3v) is 9.84. The molecule has 6 rings (SSSR count). The lowest BCUT2D eigenvalue weighted by atomic mass is 10.2. The minimum Gasteiger partial charge on any atom is -0.135 e. The van der Waals surface area contributed by atoms with Crippen LogP contribution in [0.3, 0.4) is 0 Å². The van der Waals surface area contributed by atoms with E-state index in [4.69, 9.17) is 34.8 Å². The molecule has 2 aromatic heterocycles. The van der Waals surface area contributed by atoms with Gasteiger partial charge in [-0.05, 0) is 97.5 Å². The fourth-order valence-electron chi connectivity index (χ4n) is 3.50. The van der Waals surface area contributed by atoms with E-state index in [0.29, 0.717) is 0 Å². The van der Waals surface area contributed by atoms with Crippen molar-refractivity contribution in [3.63, 3.8) is 0 Å². The molecule has 0 fully saturated rings. The zero-order valence-corrected chi connectivity index (χ0v) is 30.4. The van der Waals surface area contributed by atoms with Crippen molar-refractivity contribution in [2.75, 3.05) is 0 Å². The Hall–Kier alpha value is 1.09. The number of hydrogen-bond acceptors (Lipinski definition) is 2. The first-order valence-corrected chi connectivity index (χ1v) is 19.3. The Morgan fingerprint density at radius 3 is 1.69 bits per heavy atom. The average molecular weight is 978 g/mol. The number of halogens is 8. The van der Waals surface area contributed by atoms with Gasteiger partial charge < -0.3 is 0 Å². The molecule has 4 aromatic carbocycles. The van der Waals surface area contributed by atoms with Crippen LogP contribution in [-0.4, -0.2) is 4.30 Å². The van der Waals surface area contributed by atoms with Crippen LogP contribution in [0.5, 0.6) is 0 Å². The van der Waals surface area contributed by atoms with E-state index in [1.807, 2.05) is 22.7 Å². The van der Waals surface area contributed by atoms with Gasteiger partial charge in [-0.2, -0.15) is 0 Å². The fourth-order valence-corrected chi connectivity index (χ4v) is 8.32. The van der Waals surface area contributed by atoms with E-state index in [1.165, 1.54) is 52.0 Å². The zero-order chi connectivity index (χ0) is 25.5. The summed E-state index contributed by atoms with van der Waals surface area (Å²) in [6.45, 7) is 0. The first-order valence-electron chi connectivity index (χ1n) is 9.74. The van der Waals surface area contributed by atoms with Crippen LogP contribution in [0, 0.1) is 7.14 Å². The maximum atomic E-state index is 4.81. The second-order valence-corrected chi connectivity index (χ2v) is 14.1. The Morgan fingerprint density at radius 1 is 0.600 bits per heavy atom. The molecule has 35 heavy (non-hydrogen) atoms. The Labute approximate surface area is 277 Å². The molecular weight excluding hydrogens is 964 g/mol. The van der Waals surface area contributed by atoms with E-state index in [1.54, 1.807) is 0 Å². The third kappa shape index (κ3) is 7.82. The second-order valence-electron chi connectivity index (χ2n) is 6.79. The number of rotatable bonds is 0. The fraction of sp³-hybridized carbons (Fsp3) is 0.0400. The van der Waals surface area contributed by atoms with Gasteiger partial charge in [-0.1, -0.05) is 77.3 Å². The van der Waals surface area contributed by atoms with Crippen LogP contribution in [0.15, 0.2) is 83.3 Å². The molecule has 0 N–H and O–H groups in total. The van der Waals surface area contributed by atoms with Gasteiger partial charge in [0, 0.05) is 80.2 Å². The molecular formula is C25H14Br3Cl3I2S2. The highest BCUT2D eigenvalue weighted by atomic mass is 127. The van der Waals surface area contributed by atoms with Crippen molar-refractivity contribution >= 4 is 187 Å². The maximum absolute atomic E-state index is 4.81. The number of benzene rings is 4. The van der Waals surface area contributed by atoms with Gasteiger partial charge in [0.15, 0.2) is 4.30 Å². The molecule has 0 aliphatic rings. The highest BCUT2D eigenvalue weighted by molar-refractivity contribution is 14.1. The highest BCUT2D eigenvalue weighted by Gasteiger charge is 2.09. The standard InChI is InChI=1S/C12H6BrIS.C12H7IS.CHCl3.Br2/c13-8-4-1-3-7-11-9(14)5-2-6-10(11)15-12(7)8;13-9-5-3-7-11-12(9)8-4-1-2-6-10(8)14-11;2-1(3)4;1-2/h1-6H;1-7H;1H;. The van der Waals surface area contributed by atoms with E-state index >= 15 is 0 Å². The second kappa shape index (κ2) is 15.0. The van der Waals surface area contributed by atoms with Crippen LogP contribution in [-0.2, 0) is 0 Å². The molecule has 6 aromatic rings. The Balaban J connectivity index is 0.000000161. The summed E-state index contributed by atoms with van der Waals surface area (Å²) in [4.78, 5) is 0. The number of thiophene rings is 2. The van der Waals surface area contributed by atoms with Crippen LogP contribution in [0.1, 0.15) is 0 Å². The lowest BCUT2D eigenvalue weighted by Crippen LogP contribution is -1.72. The normalized spacial score (nSPS) is 10.5. The number of fused-ring (bicyclic) bond motifs is 6. The molecule has 0 spiro atoms. The molecule has 0 saturated carbocycles. The van der Waals surface area contributed by atoms with Crippen molar-refractivity contribution in [1.29, 1.82) is 0 Å². The van der Waals surface area contributed by atoms with E-state index in [9.17, 15) is 0 Å². The minimum absolute atomic E-state index is 0.750. The summed E-state index contributed by atoms with van der Waals surface area (Å²) in [6.07, 6.45) is 0. The monoisotopic (exact) mass is 974 g/mol. The van der Waals surface area contributed by atoms with Gasteiger partial charge in [0.25, 0.3) is 0 Å². The first-order chi connectivity index (χ1) is 16.9. The van der Waals surface area contributed by atoms with Crippen LogP contribution in [0.25, 0.3) is 40.3 Å². The van der Waals surface area contributed by atoms with Crippen molar-refractivity contribution < 1.29 is 0 Å². The van der Waals surface area contributed by atoms with Gasteiger partial charge in [0.1, 0.15) is 0 Å². The largest absolute Gasteiger partial charge is 0.180 e. The SMILES string of the molecule is BrBr.Brc1cccc2c1sc1cccc(I)c12.ClC(Cl)Cl.Ic1cccc2sc3ccccc3c12. The molecule has 0 amide bonds. The maximum Gasteiger partial charge on any atom is 0.180 e. The molecule has 182 valence electrons. The molecule has 0 aliphatic heterocycles. The van der Waals surface area contributed by atoms with Crippen LogP contribution in [0.4, 0.5) is 0 Å². The highest BCUT2D eigenvalue weighted by Crippen LogP contribution is 2.40. The summed E-state index contributed by atoms with van der Waals surface area (Å²) in [5, 5.41) is 5.54. The average Bonchev–Trinajstić information content (AvgIpc) is 3.41. The van der Waals surface area contributed by atoms with Gasteiger partial charge in [0.05, 0.1) is 0 Å². The summed E-state index contributed by atoms with van der Waals surface area (Å²) < 4.78 is 8.59. The van der Waals surface area contributed by atoms with Gasteiger partial charge in [-0.3, -0.25) is 0 Å². The van der Waals surface area contributed by atoms with Gasteiger partial charge >= 0.3 is 0 Å². The molecule has 0 nitrogen and oxygen atoms in total. The predicted molar refractivity (Wildman–Crippen MR) is 191 cm³/mol. The molecule has 10 heteroatoms. The number of hydrogen-bond donors (Lipinski definition) is 0. The summed E-state index contributed by atoms with van der Waals surface area (Å²) >= 11 is 32.1. The Morgan fingerprint density at radius 2 is 1.06 bits per heavy atom. The summed E-state index contributed by atoms with van der Waals surface area (Å²) in [5.74, 6) is 0. The lowest BCUT2D eigenvalue weighted by molar-refractivity contribution is 1.77. The summed E-state index contributed by atoms with van der Waals surface area (Å²) in [6, 6.07) is 28.0. The van der Waals surface area contributed by atoms with Gasteiger partial charge in [-0.25, -0.2) is 0 Å². The first kappa shape index (κ1) is 30.6. The van der Waals surface area contributed by atoms with Crippen LogP contribution < -0.4 is 0 Å². The molecule has 0 bridgehead atoms. The summed E-state index contributed by atoms with van der Waals surface area (Å²) in [7, 11) is 0. The van der Waals surface area contributed by atoms with Crippen molar-refractivity contribution in [2.45, 2.75) is 4.30 Å². The Bertz CT molecular complexity index is 1570. The van der Waals surface area contributed by atoms with Crippen LogP contribution in [0.2, 0.25) is 0 Å². The van der Waals surface area contributed by atoms with Crippen molar-refractivity contribution in [1.82, 2.24) is 0 Å². The Kier molecular flexibility index (Phi) is 13.2. The number of alkyl halides is 3.